The number of fused-ring (bicyclic) bond motifs is 1. The molecule has 110 valence electrons. The molecule has 4 nitrogen and oxygen atoms in total. The predicted octanol–water partition coefficient (Wildman–Crippen LogP) is 2.82. The van der Waals surface area contributed by atoms with Gasteiger partial charge in [-0.1, -0.05) is 13.0 Å². The molecule has 2 aliphatic rings. The third-order valence-corrected chi connectivity index (χ3v) is 4.14. The molecule has 1 aromatic heterocycles. The smallest absolute Gasteiger partial charge is 0.194 e. The number of halogens is 1. The summed E-state index contributed by atoms with van der Waals surface area (Å²) in [4.78, 5) is 11.5. The van der Waals surface area contributed by atoms with Crippen LogP contribution in [0, 0.1) is 5.92 Å². The van der Waals surface area contributed by atoms with Crippen LogP contribution in [0.5, 0.6) is 0 Å². The van der Waals surface area contributed by atoms with Crippen LogP contribution in [0.4, 0.5) is 0 Å². The number of rotatable bonds is 2. The van der Waals surface area contributed by atoms with E-state index < -0.39 is 0 Å². The van der Waals surface area contributed by atoms with Crippen LogP contribution >= 0.6 is 24.0 Å². The fraction of sp³-hybridized carbons (Fsp3) is 0.600. The average Bonchev–Trinajstić information content (AvgIpc) is 2.82. The summed E-state index contributed by atoms with van der Waals surface area (Å²) in [5.74, 6) is 1.83. The Morgan fingerprint density at radius 1 is 1.35 bits per heavy atom. The molecular formula is C15H23IN4. The zero-order valence-electron chi connectivity index (χ0n) is 12.1. The lowest BCUT2D eigenvalue weighted by Gasteiger charge is -2.36. The Kier molecular flexibility index (Phi) is 5.23. The Hall–Kier alpha value is -0.850. The van der Waals surface area contributed by atoms with Crippen LogP contribution in [0.25, 0.3) is 0 Å². The Bertz CT molecular complexity index is 462. The first kappa shape index (κ1) is 15.5. The predicted molar refractivity (Wildman–Crippen MR) is 92.4 cm³/mol. The molecule has 0 bridgehead atoms. The zero-order chi connectivity index (χ0) is 13.2. The first-order valence-corrected chi connectivity index (χ1v) is 7.22. The van der Waals surface area contributed by atoms with Gasteiger partial charge in [0.25, 0.3) is 0 Å². The number of nitrogens with zero attached hydrogens (tertiary/aromatic N) is 3. The molecule has 1 saturated heterocycles. The van der Waals surface area contributed by atoms with Crippen molar-refractivity contribution >= 4 is 29.9 Å². The lowest BCUT2D eigenvalue weighted by molar-refractivity contribution is 0.210. The molecule has 1 fully saturated rings. The van der Waals surface area contributed by atoms with E-state index in [9.17, 15) is 0 Å². The molecule has 0 aliphatic carbocycles. The molecule has 3 rings (SSSR count). The second-order valence-electron chi connectivity index (χ2n) is 5.77. The van der Waals surface area contributed by atoms with Gasteiger partial charge in [0.05, 0.1) is 24.3 Å². The number of piperidine rings is 1. The maximum atomic E-state index is 4.68. The summed E-state index contributed by atoms with van der Waals surface area (Å²) in [6, 6.07) is 6.86. The number of pyridine rings is 1. The maximum Gasteiger partial charge on any atom is 0.194 e. The van der Waals surface area contributed by atoms with Crippen molar-refractivity contribution in [2.45, 2.75) is 38.8 Å². The highest BCUT2D eigenvalue weighted by atomic mass is 127. The van der Waals surface area contributed by atoms with Gasteiger partial charge in [-0.3, -0.25) is 9.98 Å². The molecule has 0 spiro atoms. The van der Waals surface area contributed by atoms with Gasteiger partial charge in [0.1, 0.15) is 0 Å². The highest BCUT2D eigenvalue weighted by molar-refractivity contribution is 14.0. The molecule has 0 radical (unpaired) electrons. The van der Waals surface area contributed by atoms with E-state index in [-0.39, 0.29) is 30.0 Å². The molecule has 1 aromatic rings. The molecule has 0 saturated carbocycles. The minimum atomic E-state index is 0. The number of aromatic nitrogens is 1. The van der Waals surface area contributed by atoms with Crippen molar-refractivity contribution in [3.8, 4) is 0 Å². The summed E-state index contributed by atoms with van der Waals surface area (Å²) < 4.78 is 0. The minimum Gasteiger partial charge on any atom is -0.348 e. The minimum absolute atomic E-state index is 0. The maximum absolute atomic E-state index is 4.68. The van der Waals surface area contributed by atoms with Crippen LogP contribution in [0.1, 0.15) is 38.4 Å². The first-order valence-electron chi connectivity index (χ1n) is 7.22. The summed E-state index contributed by atoms with van der Waals surface area (Å²) in [5.41, 5.74) is 1.07. The molecule has 2 unspecified atom stereocenters. The Balaban J connectivity index is 0.00000147. The summed E-state index contributed by atoms with van der Waals surface area (Å²) in [6.45, 7) is 6.55. The van der Waals surface area contributed by atoms with Crippen molar-refractivity contribution in [1.82, 2.24) is 15.2 Å². The molecule has 3 heterocycles. The molecule has 3 atom stereocenters. The molecule has 0 aromatic carbocycles. The number of aliphatic imine (C=N–C) groups is 1. The van der Waals surface area contributed by atoms with E-state index in [4.69, 9.17) is 0 Å². The van der Waals surface area contributed by atoms with Crippen molar-refractivity contribution in [2.24, 2.45) is 10.9 Å². The molecule has 5 heteroatoms. The van der Waals surface area contributed by atoms with Gasteiger partial charge in [-0.2, -0.15) is 0 Å². The van der Waals surface area contributed by atoms with Gasteiger partial charge in [-0.25, -0.2) is 0 Å². The Morgan fingerprint density at radius 3 is 2.95 bits per heavy atom. The van der Waals surface area contributed by atoms with Crippen LogP contribution in [0.2, 0.25) is 0 Å². The third kappa shape index (κ3) is 3.24. The number of hydrogen-bond acceptors (Lipinski definition) is 4. The Morgan fingerprint density at radius 2 is 2.20 bits per heavy atom. The summed E-state index contributed by atoms with van der Waals surface area (Å²) in [7, 11) is 0. The van der Waals surface area contributed by atoms with E-state index in [1.165, 1.54) is 12.8 Å². The number of hydrogen-bond donors (Lipinski definition) is 1. The van der Waals surface area contributed by atoms with Gasteiger partial charge < -0.3 is 10.2 Å². The quantitative estimate of drug-likeness (QED) is 0.795. The van der Waals surface area contributed by atoms with Crippen LogP contribution in [0.15, 0.2) is 29.4 Å². The topological polar surface area (TPSA) is 40.5 Å². The monoisotopic (exact) mass is 386 g/mol. The van der Waals surface area contributed by atoms with Crippen molar-refractivity contribution in [2.75, 3.05) is 13.1 Å². The van der Waals surface area contributed by atoms with Gasteiger partial charge >= 0.3 is 0 Å². The average molecular weight is 386 g/mol. The van der Waals surface area contributed by atoms with E-state index >= 15 is 0 Å². The summed E-state index contributed by atoms with van der Waals surface area (Å²) in [6.07, 6.45) is 4.45. The van der Waals surface area contributed by atoms with E-state index in [0.29, 0.717) is 6.04 Å². The lowest BCUT2D eigenvalue weighted by atomic mass is 9.95. The molecule has 20 heavy (non-hydrogen) atoms. The SMILES string of the molecule is CC1CCC2CN=C(N[C@@H](C)c3ccccn3)N2C1.I. The first-order chi connectivity index (χ1) is 9.24. The van der Waals surface area contributed by atoms with Crippen molar-refractivity contribution < 1.29 is 0 Å². The molecule has 2 aliphatic heterocycles. The van der Waals surface area contributed by atoms with Gasteiger partial charge in [0.15, 0.2) is 5.96 Å². The highest BCUT2D eigenvalue weighted by Crippen LogP contribution is 2.26. The van der Waals surface area contributed by atoms with Gasteiger partial charge in [0.2, 0.25) is 0 Å². The van der Waals surface area contributed by atoms with Crippen LogP contribution in [0.3, 0.4) is 0 Å². The van der Waals surface area contributed by atoms with E-state index in [1.807, 2.05) is 18.3 Å². The van der Waals surface area contributed by atoms with Crippen molar-refractivity contribution in [1.29, 1.82) is 0 Å². The Labute approximate surface area is 138 Å². The van der Waals surface area contributed by atoms with E-state index in [0.717, 1.165) is 30.7 Å². The molecule has 0 amide bonds. The summed E-state index contributed by atoms with van der Waals surface area (Å²) >= 11 is 0. The second-order valence-corrected chi connectivity index (χ2v) is 5.77. The van der Waals surface area contributed by atoms with E-state index in [1.54, 1.807) is 0 Å². The largest absolute Gasteiger partial charge is 0.348 e. The zero-order valence-corrected chi connectivity index (χ0v) is 14.5. The third-order valence-electron chi connectivity index (χ3n) is 4.14. The van der Waals surface area contributed by atoms with Crippen molar-refractivity contribution in [3.05, 3.63) is 30.1 Å². The second kappa shape index (κ2) is 6.74. The van der Waals surface area contributed by atoms with Crippen LogP contribution < -0.4 is 5.32 Å². The van der Waals surface area contributed by atoms with Gasteiger partial charge in [-0.05, 0) is 37.8 Å². The highest BCUT2D eigenvalue weighted by Gasteiger charge is 2.33. The van der Waals surface area contributed by atoms with Crippen molar-refractivity contribution in [3.63, 3.8) is 0 Å². The molecular weight excluding hydrogens is 363 g/mol. The normalized spacial score (nSPS) is 26.3. The lowest BCUT2D eigenvalue weighted by Crippen LogP contribution is -2.48. The summed E-state index contributed by atoms with van der Waals surface area (Å²) in [5, 5.41) is 3.53. The number of guanidine groups is 1. The van der Waals surface area contributed by atoms with Crippen LogP contribution in [-0.2, 0) is 0 Å². The van der Waals surface area contributed by atoms with E-state index in [2.05, 4.69) is 40.1 Å². The fourth-order valence-corrected chi connectivity index (χ4v) is 2.97. The molecule has 1 N–H and O–H groups in total. The standard InChI is InChI=1S/C15H22N4.HI/c1-11-6-7-13-9-17-15(19(13)10-11)18-12(2)14-5-3-4-8-16-14;/h3-5,8,11-13H,6-7,9-10H2,1-2H3,(H,17,18);1H/t11?,12-,13?;/m0./s1. The van der Waals surface area contributed by atoms with Gasteiger partial charge in [0, 0.05) is 12.7 Å². The fourth-order valence-electron chi connectivity index (χ4n) is 2.97. The van der Waals surface area contributed by atoms with Gasteiger partial charge in [-0.15, -0.1) is 24.0 Å². The number of nitrogens with one attached hydrogen (secondary N) is 1. The van der Waals surface area contributed by atoms with Crippen LogP contribution in [-0.4, -0.2) is 35.0 Å².